The Labute approximate surface area is 73.6 Å². The van der Waals surface area contributed by atoms with Gasteiger partial charge in [0.15, 0.2) is 0 Å². The molecule has 1 aromatic carbocycles. The molecule has 2 rings (SSSR count). The lowest BCUT2D eigenvalue weighted by Gasteiger charge is -2.10. The minimum atomic E-state index is 0.263. The van der Waals surface area contributed by atoms with E-state index in [1.54, 1.807) is 0 Å². The predicted molar refractivity (Wildman–Crippen MR) is 50.7 cm³/mol. The topological polar surface area (TPSA) is 26.0 Å². The van der Waals surface area contributed by atoms with Crippen molar-refractivity contribution in [1.29, 1.82) is 0 Å². The van der Waals surface area contributed by atoms with E-state index in [0.29, 0.717) is 0 Å². The molecule has 0 bridgehead atoms. The van der Waals surface area contributed by atoms with Crippen LogP contribution >= 0.6 is 0 Å². The molecule has 1 fully saturated rings. The first-order chi connectivity index (χ1) is 5.86. The lowest BCUT2D eigenvalue weighted by molar-refractivity contribution is 0.597. The summed E-state index contributed by atoms with van der Waals surface area (Å²) >= 11 is 0. The zero-order chi connectivity index (χ0) is 8.39. The summed E-state index contributed by atoms with van der Waals surface area (Å²) in [5.41, 5.74) is 7.32. The first-order valence-corrected chi connectivity index (χ1v) is 4.67. The van der Waals surface area contributed by atoms with Crippen LogP contribution < -0.4 is 5.73 Å². The summed E-state index contributed by atoms with van der Waals surface area (Å²) in [7, 11) is 0. The molecule has 1 saturated carbocycles. The van der Waals surface area contributed by atoms with E-state index >= 15 is 0 Å². The van der Waals surface area contributed by atoms with Crippen molar-refractivity contribution in [3.05, 3.63) is 35.9 Å². The summed E-state index contributed by atoms with van der Waals surface area (Å²) < 4.78 is 0. The number of nitrogens with two attached hydrogens (primary N) is 1. The Morgan fingerprint density at radius 2 is 1.92 bits per heavy atom. The second-order valence-corrected chi connectivity index (χ2v) is 3.70. The fourth-order valence-electron chi connectivity index (χ4n) is 1.55. The molecule has 0 aromatic heterocycles. The second-order valence-electron chi connectivity index (χ2n) is 3.70. The maximum absolute atomic E-state index is 6.04. The first-order valence-electron chi connectivity index (χ1n) is 4.67. The van der Waals surface area contributed by atoms with Crippen molar-refractivity contribution in [2.24, 2.45) is 11.7 Å². The molecule has 1 heteroatoms. The monoisotopic (exact) mass is 161 g/mol. The Bertz CT molecular complexity index is 238. The molecule has 0 unspecified atom stereocenters. The van der Waals surface area contributed by atoms with Gasteiger partial charge in [0.1, 0.15) is 0 Å². The Kier molecular flexibility index (Phi) is 2.13. The maximum Gasteiger partial charge on any atom is 0.0297 e. The Morgan fingerprint density at radius 3 is 2.50 bits per heavy atom. The van der Waals surface area contributed by atoms with Gasteiger partial charge in [0.05, 0.1) is 0 Å². The van der Waals surface area contributed by atoms with E-state index in [-0.39, 0.29) is 6.04 Å². The highest BCUT2D eigenvalue weighted by Gasteiger charge is 2.24. The predicted octanol–water partition coefficient (Wildman–Crippen LogP) is 2.49. The molecule has 12 heavy (non-hydrogen) atoms. The van der Waals surface area contributed by atoms with Gasteiger partial charge in [-0.2, -0.15) is 0 Å². The molecule has 1 nitrogen and oxygen atoms in total. The van der Waals surface area contributed by atoms with Crippen LogP contribution in [0.3, 0.4) is 0 Å². The van der Waals surface area contributed by atoms with Crippen molar-refractivity contribution in [2.75, 3.05) is 0 Å². The maximum atomic E-state index is 6.04. The highest BCUT2D eigenvalue weighted by Crippen LogP contribution is 2.36. The van der Waals surface area contributed by atoms with Crippen molar-refractivity contribution in [3.63, 3.8) is 0 Å². The van der Waals surface area contributed by atoms with Gasteiger partial charge in [0.2, 0.25) is 0 Å². The van der Waals surface area contributed by atoms with Crippen LogP contribution in [-0.2, 0) is 0 Å². The molecule has 0 heterocycles. The van der Waals surface area contributed by atoms with Crippen LogP contribution in [0, 0.1) is 5.92 Å². The molecular weight excluding hydrogens is 146 g/mol. The van der Waals surface area contributed by atoms with E-state index in [2.05, 4.69) is 24.3 Å². The molecular formula is C11H15N. The number of hydrogen-bond acceptors (Lipinski definition) is 1. The SMILES string of the molecule is N[C@@H](CC1CC1)c1ccccc1. The summed E-state index contributed by atoms with van der Waals surface area (Å²) in [6.07, 6.45) is 3.95. The van der Waals surface area contributed by atoms with Crippen molar-refractivity contribution < 1.29 is 0 Å². The Balaban J connectivity index is 1.98. The molecule has 0 spiro atoms. The molecule has 1 aliphatic rings. The molecule has 0 amide bonds. The first kappa shape index (κ1) is 7.81. The van der Waals surface area contributed by atoms with Gasteiger partial charge in [-0.3, -0.25) is 0 Å². The van der Waals surface area contributed by atoms with Crippen LogP contribution in [-0.4, -0.2) is 0 Å². The molecule has 1 atom stereocenters. The van der Waals surface area contributed by atoms with E-state index < -0.39 is 0 Å². The van der Waals surface area contributed by atoms with Gasteiger partial charge in [0.25, 0.3) is 0 Å². The van der Waals surface area contributed by atoms with E-state index in [1.165, 1.54) is 24.8 Å². The zero-order valence-corrected chi connectivity index (χ0v) is 7.24. The van der Waals surface area contributed by atoms with Gasteiger partial charge in [-0.1, -0.05) is 43.2 Å². The Morgan fingerprint density at radius 1 is 1.25 bits per heavy atom. The van der Waals surface area contributed by atoms with Gasteiger partial charge < -0.3 is 5.73 Å². The standard InChI is InChI=1S/C11H15N/c12-11(8-9-6-7-9)10-4-2-1-3-5-10/h1-5,9,11H,6-8,12H2/t11-/m0/s1. The van der Waals surface area contributed by atoms with Gasteiger partial charge in [0, 0.05) is 6.04 Å². The van der Waals surface area contributed by atoms with Gasteiger partial charge in [-0.25, -0.2) is 0 Å². The lowest BCUT2D eigenvalue weighted by Crippen LogP contribution is -2.10. The van der Waals surface area contributed by atoms with Crippen molar-refractivity contribution in [2.45, 2.75) is 25.3 Å². The third kappa shape index (κ3) is 1.86. The van der Waals surface area contributed by atoms with Crippen molar-refractivity contribution in [1.82, 2.24) is 0 Å². The van der Waals surface area contributed by atoms with Gasteiger partial charge in [-0.15, -0.1) is 0 Å². The average Bonchev–Trinajstić information content (AvgIpc) is 2.90. The summed E-state index contributed by atoms with van der Waals surface area (Å²) in [5.74, 6) is 0.917. The molecule has 1 aliphatic carbocycles. The van der Waals surface area contributed by atoms with Crippen molar-refractivity contribution in [3.8, 4) is 0 Å². The highest BCUT2D eigenvalue weighted by atomic mass is 14.6. The Hall–Kier alpha value is -0.820. The molecule has 0 aliphatic heterocycles. The molecule has 64 valence electrons. The zero-order valence-electron chi connectivity index (χ0n) is 7.24. The number of hydrogen-bond donors (Lipinski definition) is 1. The normalized spacial score (nSPS) is 19.1. The number of rotatable bonds is 3. The van der Waals surface area contributed by atoms with Crippen molar-refractivity contribution >= 4 is 0 Å². The van der Waals surface area contributed by atoms with Crippen LogP contribution in [0.1, 0.15) is 30.9 Å². The number of benzene rings is 1. The fraction of sp³-hybridized carbons (Fsp3) is 0.455. The molecule has 1 aromatic rings. The van der Waals surface area contributed by atoms with E-state index in [9.17, 15) is 0 Å². The second kappa shape index (κ2) is 3.28. The summed E-state index contributed by atoms with van der Waals surface area (Å²) in [5, 5.41) is 0. The highest BCUT2D eigenvalue weighted by molar-refractivity contribution is 5.18. The van der Waals surface area contributed by atoms with E-state index in [1.807, 2.05) is 6.07 Å². The third-order valence-electron chi connectivity index (χ3n) is 2.51. The lowest BCUT2D eigenvalue weighted by atomic mass is 10.0. The molecule has 0 radical (unpaired) electrons. The van der Waals surface area contributed by atoms with Gasteiger partial charge >= 0.3 is 0 Å². The molecule has 2 N–H and O–H groups in total. The fourth-order valence-corrected chi connectivity index (χ4v) is 1.55. The van der Waals surface area contributed by atoms with E-state index in [0.717, 1.165) is 5.92 Å². The summed E-state index contributed by atoms with van der Waals surface area (Å²) in [4.78, 5) is 0. The van der Waals surface area contributed by atoms with E-state index in [4.69, 9.17) is 5.73 Å². The van der Waals surface area contributed by atoms with Crippen LogP contribution in [0.2, 0.25) is 0 Å². The van der Waals surface area contributed by atoms with Crippen LogP contribution in [0.15, 0.2) is 30.3 Å². The minimum absolute atomic E-state index is 0.263. The van der Waals surface area contributed by atoms with Gasteiger partial charge in [-0.05, 0) is 17.9 Å². The largest absolute Gasteiger partial charge is 0.324 e. The third-order valence-corrected chi connectivity index (χ3v) is 2.51. The molecule has 0 saturated heterocycles. The van der Waals surface area contributed by atoms with Crippen LogP contribution in [0.4, 0.5) is 0 Å². The van der Waals surface area contributed by atoms with Crippen LogP contribution in [0.5, 0.6) is 0 Å². The van der Waals surface area contributed by atoms with Crippen LogP contribution in [0.25, 0.3) is 0 Å². The smallest absolute Gasteiger partial charge is 0.0297 e. The minimum Gasteiger partial charge on any atom is -0.324 e. The average molecular weight is 161 g/mol. The summed E-state index contributed by atoms with van der Waals surface area (Å²) in [6.45, 7) is 0. The summed E-state index contributed by atoms with van der Waals surface area (Å²) in [6, 6.07) is 10.6. The quantitative estimate of drug-likeness (QED) is 0.724.